The van der Waals surface area contributed by atoms with Crippen LogP contribution in [0.15, 0.2) is 48.9 Å². The summed E-state index contributed by atoms with van der Waals surface area (Å²) >= 11 is 5.73. The van der Waals surface area contributed by atoms with Gasteiger partial charge in [-0.15, -0.1) is 0 Å². The summed E-state index contributed by atoms with van der Waals surface area (Å²) in [6, 6.07) is 8.54. The lowest BCUT2D eigenvalue weighted by atomic mass is 10.3. The number of rotatable bonds is 4. The third-order valence-corrected chi connectivity index (χ3v) is 3.43. The second-order valence-electron chi connectivity index (χ2n) is 4.99. The zero-order valence-electron chi connectivity index (χ0n) is 12.6. The van der Waals surface area contributed by atoms with E-state index in [2.05, 4.69) is 15.3 Å². The van der Waals surface area contributed by atoms with Crippen molar-refractivity contribution in [1.82, 2.24) is 14.4 Å². The topological polar surface area (TPSA) is 85.6 Å². The zero-order valence-corrected chi connectivity index (χ0v) is 13.4. The molecule has 24 heavy (non-hydrogen) atoms. The van der Waals surface area contributed by atoms with E-state index >= 15 is 0 Å². The van der Waals surface area contributed by atoms with E-state index < -0.39 is 18.0 Å². The van der Waals surface area contributed by atoms with Crippen LogP contribution in [-0.2, 0) is 9.53 Å². The molecule has 0 unspecified atom stereocenters. The molecular weight excluding hydrogens is 332 g/mol. The van der Waals surface area contributed by atoms with Crippen molar-refractivity contribution in [2.45, 2.75) is 13.0 Å². The quantitative estimate of drug-likeness (QED) is 0.735. The molecule has 0 bridgehead atoms. The van der Waals surface area contributed by atoms with Gasteiger partial charge in [-0.1, -0.05) is 17.7 Å². The molecule has 0 saturated carbocycles. The fourth-order valence-electron chi connectivity index (χ4n) is 1.99. The molecule has 0 aliphatic carbocycles. The van der Waals surface area contributed by atoms with Crippen LogP contribution in [0.4, 0.5) is 5.82 Å². The molecule has 0 aromatic carbocycles. The lowest BCUT2D eigenvalue weighted by Gasteiger charge is -2.12. The van der Waals surface area contributed by atoms with E-state index in [1.165, 1.54) is 13.1 Å². The molecule has 0 aliphatic rings. The second-order valence-corrected chi connectivity index (χ2v) is 5.43. The van der Waals surface area contributed by atoms with Gasteiger partial charge in [-0.05, 0) is 31.2 Å². The lowest BCUT2D eigenvalue weighted by molar-refractivity contribution is -0.123. The molecule has 122 valence electrons. The van der Waals surface area contributed by atoms with Crippen molar-refractivity contribution >= 4 is 34.9 Å². The number of halogens is 1. The summed E-state index contributed by atoms with van der Waals surface area (Å²) in [7, 11) is 0. The summed E-state index contributed by atoms with van der Waals surface area (Å²) in [6.45, 7) is 1.47. The van der Waals surface area contributed by atoms with Crippen molar-refractivity contribution in [2.24, 2.45) is 0 Å². The highest BCUT2D eigenvalue weighted by Gasteiger charge is 2.21. The first-order valence-electron chi connectivity index (χ1n) is 7.10. The number of ether oxygens (including phenoxy) is 1. The average molecular weight is 345 g/mol. The molecule has 0 spiro atoms. The summed E-state index contributed by atoms with van der Waals surface area (Å²) in [5, 5.41) is 3.00. The zero-order chi connectivity index (χ0) is 17.1. The molecule has 3 rings (SSSR count). The molecule has 3 aromatic rings. The Morgan fingerprint density at radius 1 is 1.29 bits per heavy atom. The minimum absolute atomic E-state index is 0.130. The Hall–Kier alpha value is -2.93. The minimum atomic E-state index is -1.00. The van der Waals surface area contributed by atoms with Crippen molar-refractivity contribution in [3.05, 3.63) is 59.6 Å². The maximum absolute atomic E-state index is 12.1. The van der Waals surface area contributed by atoms with Gasteiger partial charge in [-0.3, -0.25) is 4.79 Å². The van der Waals surface area contributed by atoms with E-state index in [4.69, 9.17) is 16.3 Å². The first-order valence-corrected chi connectivity index (χ1v) is 7.48. The van der Waals surface area contributed by atoms with Gasteiger partial charge in [0.15, 0.2) is 11.8 Å². The number of aromatic nitrogens is 3. The van der Waals surface area contributed by atoms with Gasteiger partial charge in [0.1, 0.15) is 11.5 Å². The molecule has 0 aliphatic heterocycles. The summed E-state index contributed by atoms with van der Waals surface area (Å²) in [5.74, 6) is -0.854. The van der Waals surface area contributed by atoms with Crippen LogP contribution in [0.3, 0.4) is 0 Å². The predicted molar refractivity (Wildman–Crippen MR) is 87.9 cm³/mol. The highest BCUT2D eigenvalue weighted by atomic mass is 35.5. The molecule has 0 saturated heterocycles. The van der Waals surface area contributed by atoms with E-state index in [-0.39, 0.29) is 5.69 Å². The van der Waals surface area contributed by atoms with Gasteiger partial charge in [-0.25, -0.2) is 14.8 Å². The van der Waals surface area contributed by atoms with E-state index in [1.807, 2.05) is 12.1 Å². The van der Waals surface area contributed by atoms with Gasteiger partial charge in [0.25, 0.3) is 5.91 Å². The predicted octanol–water partition coefficient (Wildman–Crippen LogP) is 2.57. The van der Waals surface area contributed by atoms with E-state index in [1.54, 1.807) is 35.0 Å². The second kappa shape index (κ2) is 6.67. The summed E-state index contributed by atoms with van der Waals surface area (Å²) in [5.41, 5.74) is 0.748. The van der Waals surface area contributed by atoms with Crippen LogP contribution in [0.2, 0.25) is 5.02 Å². The van der Waals surface area contributed by atoms with Gasteiger partial charge < -0.3 is 14.5 Å². The third kappa shape index (κ3) is 3.52. The number of esters is 1. The summed E-state index contributed by atoms with van der Waals surface area (Å²) in [6.07, 6.45) is 3.72. The molecule has 0 radical (unpaired) electrons. The summed E-state index contributed by atoms with van der Waals surface area (Å²) in [4.78, 5) is 32.3. The molecule has 8 heteroatoms. The number of nitrogens with zero attached hydrogens (tertiary/aromatic N) is 3. The van der Waals surface area contributed by atoms with Crippen LogP contribution in [0.5, 0.6) is 0 Å². The molecule has 3 aromatic heterocycles. The highest BCUT2D eigenvalue weighted by Crippen LogP contribution is 2.11. The molecule has 7 nitrogen and oxygen atoms in total. The Morgan fingerprint density at radius 2 is 2.12 bits per heavy atom. The molecule has 1 N–H and O–H groups in total. The van der Waals surface area contributed by atoms with Crippen molar-refractivity contribution in [3.8, 4) is 0 Å². The summed E-state index contributed by atoms with van der Waals surface area (Å²) < 4.78 is 6.84. The maximum atomic E-state index is 12.1. The molecule has 3 heterocycles. The number of amides is 1. The molecule has 0 fully saturated rings. The number of hydrogen-bond donors (Lipinski definition) is 1. The van der Waals surface area contributed by atoms with Crippen LogP contribution < -0.4 is 5.32 Å². The van der Waals surface area contributed by atoms with E-state index in [0.29, 0.717) is 16.5 Å². The first kappa shape index (κ1) is 15.9. The number of nitrogens with one attached hydrogen (secondary N) is 1. The van der Waals surface area contributed by atoms with Crippen LogP contribution in [0.25, 0.3) is 5.65 Å². The maximum Gasteiger partial charge on any atom is 0.359 e. The van der Waals surface area contributed by atoms with Gasteiger partial charge in [0.2, 0.25) is 0 Å². The van der Waals surface area contributed by atoms with Crippen molar-refractivity contribution in [1.29, 1.82) is 0 Å². The number of imidazole rings is 1. The number of hydrogen-bond acceptors (Lipinski definition) is 5. The van der Waals surface area contributed by atoms with Crippen LogP contribution in [0, 0.1) is 0 Å². The fraction of sp³-hybridized carbons (Fsp3) is 0.125. The van der Waals surface area contributed by atoms with Crippen molar-refractivity contribution in [3.63, 3.8) is 0 Å². The van der Waals surface area contributed by atoms with Crippen molar-refractivity contribution < 1.29 is 14.3 Å². The Balaban J connectivity index is 1.64. The van der Waals surface area contributed by atoms with Crippen LogP contribution in [0.1, 0.15) is 17.4 Å². The Bertz CT molecular complexity index is 859. The molecule has 1 atom stereocenters. The van der Waals surface area contributed by atoms with Gasteiger partial charge in [0, 0.05) is 18.6 Å². The van der Waals surface area contributed by atoms with Gasteiger partial charge in [0.05, 0.1) is 5.02 Å². The van der Waals surface area contributed by atoms with Crippen molar-refractivity contribution in [2.75, 3.05) is 5.32 Å². The fourth-order valence-corrected chi connectivity index (χ4v) is 2.10. The normalized spacial score (nSPS) is 11.9. The number of carbonyl (C=O) groups is 2. The van der Waals surface area contributed by atoms with E-state index in [9.17, 15) is 9.59 Å². The third-order valence-electron chi connectivity index (χ3n) is 3.20. The Morgan fingerprint density at radius 3 is 2.83 bits per heavy atom. The Labute approximate surface area is 142 Å². The van der Waals surface area contributed by atoms with Gasteiger partial charge >= 0.3 is 5.97 Å². The average Bonchev–Trinajstić information content (AvgIpc) is 3.01. The first-order chi connectivity index (χ1) is 11.5. The largest absolute Gasteiger partial charge is 0.448 e. The van der Waals surface area contributed by atoms with Crippen LogP contribution in [-0.4, -0.2) is 32.3 Å². The Kier molecular flexibility index (Phi) is 4.43. The molecule has 1 amide bonds. The highest BCUT2D eigenvalue weighted by molar-refractivity contribution is 6.30. The number of carbonyl (C=O) groups excluding carboxylic acids is 2. The number of fused-ring (bicyclic) bond motifs is 1. The SMILES string of the molecule is C[C@@H](OC(=O)c1cn2ccccc2n1)C(=O)Nc1ccc(Cl)cn1. The minimum Gasteiger partial charge on any atom is -0.448 e. The lowest BCUT2D eigenvalue weighted by Crippen LogP contribution is -2.30. The standard InChI is InChI=1S/C16H13ClN4O3/c1-10(15(22)20-13-6-5-11(17)8-18-13)24-16(23)12-9-21-7-3-2-4-14(21)19-12/h2-10H,1H3,(H,18,20,22)/t10-/m1/s1. The van der Waals surface area contributed by atoms with Gasteiger partial charge in [-0.2, -0.15) is 0 Å². The number of anilines is 1. The monoisotopic (exact) mass is 344 g/mol. The number of pyridine rings is 2. The van der Waals surface area contributed by atoms with Crippen LogP contribution >= 0.6 is 11.6 Å². The van der Waals surface area contributed by atoms with E-state index in [0.717, 1.165) is 0 Å². The molecular formula is C16H13ClN4O3. The smallest absolute Gasteiger partial charge is 0.359 e.